The first kappa shape index (κ1) is 14.0. The van der Waals surface area contributed by atoms with Crippen LogP contribution in [0.3, 0.4) is 0 Å². The highest BCUT2D eigenvalue weighted by atomic mass is 14.9. The van der Waals surface area contributed by atoms with Crippen LogP contribution in [0.4, 0.5) is 0 Å². The van der Waals surface area contributed by atoms with Crippen molar-refractivity contribution in [3.63, 3.8) is 0 Å². The van der Waals surface area contributed by atoms with Gasteiger partial charge in [-0.15, -0.1) is 0 Å². The Bertz CT molecular complexity index is 159. The highest BCUT2D eigenvalue weighted by molar-refractivity contribution is 4.85. The first-order valence-corrected chi connectivity index (χ1v) is 7.54. The molecule has 0 amide bonds. The predicted octanol–water partition coefficient (Wildman–Crippen LogP) is 4.52. The molecule has 0 aromatic rings. The van der Waals surface area contributed by atoms with Crippen molar-refractivity contribution in [3.8, 4) is 0 Å². The quantitative estimate of drug-likeness (QED) is 0.569. The number of hydrogen-bond acceptors (Lipinski definition) is 1. The normalized spacial score (nSPS) is 19.1. The Labute approximate surface area is 102 Å². The Morgan fingerprint density at radius 3 is 2.25 bits per heavy atom. The van der Waals surface area contributed by atoms with Crippen LogP contribution in [0, 0.1) is 5.41 Å². The van der Waals surface area contributed by atoms with E-state index < -0.39 is 0 Å². The lowest BCUT2D eigenvalue weighted by molar-refractivity contribution is 0.268. The Hall–Kier alpha value is -0.0400. The third kappa shape index (κ3) is 4.86. The van der Waals surface area contributed by atoms with Gasteiger partial charge in [0.05, 0.1) is 0 Å². The van der Waals surface area contributed by atoms with Crippen molar-refractivity contribution in [1.29, 1.82) is 0 Å². The van der Waals surface area contributed by atoms with E-state index in [4.69, 9.17) is 0 Å². The Morgan fingerprint density at radius 2 is 1.62 bits per heavy atom. The number of rotatable bonds is 9. The number of unbranched alkanes of at least 4 members (excludes halogenated alkanes) is 4. The molecule has 0 saturated heterocycles. The van der Waals surface area contributed by atoms with Crippen molar-refractivity contribution in [2.45, 2.75) is 78.1 Å². The van der Waals surface area contributed by atoms with Gasteiger partial charge in [-0.1, -0.05) is 52.4 Å². The van der Waals surface area contributed by atoms with E-state index in [0.29, 0.717) is 5.41 Å². The van der Waals surface area contributed by atoms with Crippen molar-refractivity contribution >= 4 is 0 Å². The lowest BCUT2D eigenvalue weighted by atomic mass is 9.83. The summed E-state index contributed by atoms with van der Waals surface area (Å²) in [5.41, 5.74) is 0.670. The molecule has 0 aromatic heterocycles. The molecule has 16 heavy (non-hydrogen) atoms. The minimum atomic E-state index is 0.670. The van der Waals surface area contributed by atoms with Crippen LogP contribution in [0.25, 0.3) is 0 Å². The van der Waals surface area contributed by atoms with Crippen LogP contribution in [-0.4, -0.2) is 13.1 Å². The molecule has 1 fully saturated rings. The van der Waals surface area contributed by atoms with Crippen molar-refractivity contribution in [2.24, 2.45) is 5.41 Å². The molecule has 1 nitrogen and oxygen atoms in total. The predicted molar refractivity (Wildman–Crippen MR) is 72.8 cm³/mol. The third-order valence-corrected chi connectivity index (χ3v) is 4.37. The summed E-state index contributed by atoms with van der Waals surface area (Å²) in [4.78, 5) is 0. The molecule has 0 spiro atoms. The summed E-state index contributed by atoms with van der Waals surface area (Å²) < 4.78 is 0. The fourth-order valence-electron chi connectivity index (χ4n) is 2.99. The SMILES string of the molecule is CCCCCCCNCC1(CC)CCCC1. The van der Waals surface area contributed by atoms with Crippen LogP contribution >= 0.6 is 0 Å². The second-order valence-corrected chi connectivity index (χ2v) is 5.65. The van der Waals surface area contributed by atoms with Gasteiger partial charge in [0, 0.05) is 6.54 Å². The maximum absolute atomic E-state index is 3.70. The van der Waals surface area contributed by atoms with Gasteiger partial charge in [0.1, 0.15) is 0 Å². The van der Waals surface area contributed by atoms with Gasteiger partial charge in [0.2, 0.25) is 0 Å². The van der Waals surface area contributed by atoms with Crippen LogP contribution in [-0.2, 0) is 0 Å². The summed E-state index contributed by atoms with van der Waals surface area (Å²) in [5.74, 6) is 0. The first-order chi connectivity index (χ1) is 7.83. The molecule has 0 aliphatic heterocycles. The van der Waals surface area contributed by atoms with Gasteiger partial charge >= 0.3 is 0 Å². The van der Waals surface area contributed by atoms with Crippen LogP contribution in [0.2, 0.25) is 0 Å². The number of nitrogens with one attached hydrogen (secondary N) is 1. The smallest absolute Gasteiger partial charge is 0.000770 e. The molecule has 0 aromatic carbocycles. The van der Waals surface area contributed by atoms with E-state index in [1.807, 2.05) is 0 Å². The fourth-order valence-corrected chi connectivity index (χ4v) is 2.99. The van der Waals surface area contributed by atoms with Crippen LogP contribution < -0.4 is 5.32 Å². The van der Waals surface area contributed by atoms with Gasteiger partial charge in [-0.05, 0) is 37.6 Å². The molecule has 96 valence electrons. The minimum absolute atomic E-state index is 0.670. The summed E-state index contributed by atoms with van der Waals surface area (Å²) in [6, 6.07) is 0. The molecule has 0 radical (unpaired) electrons. The highest BCUT2D eigenvalue weighted by Crippen LogP contribution is 2.40. The monoisotopic (exact) mass is 225 g/mol. The first-order valence-electron chi connectivity index (χ1n) is 7.54. The van der Waals surface area contributed by atoms with Crippen molar-refractivity contribution in [1.82, 2.24) is 5.32 Å². The van der Waals surface area contributed by atoms with Gasteiger partial charge in [0.25, 0.3) is 0 Å². The fraction of sp³-hybridized carbons (Fsp3) is 1.00. The maximum atomic E-state index is 3.70. The van der Waals surface area contributed by atoms with E-state index in [0.717, 1.165) is 0 Å². The van der Waals surface area contributed by atoms with E-state index in [9.17, 15) is 0 Å². The lowest BCUT2D eigenvalue weighted by Gasteiger charge is -2.27. The van der Waals surface area contributed by atoms with Gasteiger partial charge in [0.15, 0.2) is 0 Å². The molecule has 1 rings (SSSR count). The van der Waals surface area contributed by atoms with E-state index in [1.54, 1.807) is 0 Å². The molecule has 1 heteroatoms. The average molecular weight is 225 g/mol. The van der Waals surface area contributed by atoms with E-state index in [1.165, 1.54) is 77.3 Å². The maximum Gasteiger partial charge on any atom is 0.000770 e. The molecule has 0 heterocycles. The molecule has 0 unspecified atom stereocenters. The Kier molecular flexibility index (Phi) is 7.11. The average Bonchev–Trinajstić information content (AvgIpc) is 2.77. The topological polar surface area (TPSA) is 12.0 Å². The van der Waals surface area contributed by atoms with Crippen LogP contribution in [0.15, 0.2) is 0 Å². The summed E-state index contributed by atoms with van der Waals surface area (Å²) in [6.07, 6.45) is 14.2. The second-order valence-electron chi connectivity index (χ2n) is 5.65. The summed E-state index contributed by atoms with van der Waals surface area (Å²) >= 11 is 0. The van der Waals surface area contributed by atoms with Gasteiger partial charge in [-0.2, -0.15) is 0 Å². The van der Waals surface area contributed by atoms with E-state index in [2.05, 4.69) is 19.2 Å². The largest absolute Gasteiger partial charge is 0.316 e. The molecule has 1 saturated carbocycles. The van der Waals surface area contributed by atoms with E-state index in [-0.39, 0.29) is 0 Å². The Balaban J connectivity index is 1.97. The van der Waals surface area contributed by atoms with Gasteiger partial charge in [-0.3, -0.25) is 0 Å². The standard InChI is InChI=1S/C15H31N/c1-3-5-6-7-10-13-16-14-15(4-2)11-8-9-12-15/h16H,3-14H2,1-2H3. The molecular formula is C15H31N. The highest BCUT2D eigenvalue weighted by Gasteiger charge is 2.31. The third-order valence-electron chi connectivity index (χ3n) is 4.37. The molecule has 0 bridgehead atoms. The molecule has 1 aliphatic rings. The molecule has 1 aliphatic carbocycles. The number of hydrogen-bond donors (Lipinski definition) is 1. The van der Waals surface area contributed by atoms with Gasteiger partial charge in [-0.25, -0.2) is 0 Å². The Morgan fingerprint density at radius 1 is 0.938 bits per heavy atom. The summed E-state index contributed by atoms with van der Waals surface area (Å²) in [7, 11) is 0. The van der Waals surface area contributed by atoms with E-state index >= 15 is 0 Å². The zero-order chi connectivity index (χ0) is 11.7. The summed E-state index contributed by atoms with van der Waals surface area (Å²) in [6.45, 7) is 7.17. The minimum Gasteiger partial charge on any atom is -0.316 e. The lowest BCUT2D eigenvalue weighted by Crippen LogP contribution is -2.32. The molecular weight excluding hydrogens is 194 g/mol. The van der Waals surface area contributed by atoms with Crippen molar-refractivity contribution in [2.75, 3.05) is 13.1 Å². The van der Waals surface area contributed by atoms with Crippen molar-refractivity contribution in [3.05, 3.63) is 0 Å². The van der Waals surface area contributed by atoms with Crippen LogP contribution in [0.1, 0.15) is 78.1 Å². The molecule has 0 atom stereocenters. The zero-order valence-electron chi connectivity index (χ0n) is 11.5. The van der Waals surface area contributed by atoms with Crippen molar-refractivity contribution < 1.29 is 0 Å². The summed E-state index contributed by atoms with van der Waals surface area (Å²) in [5, 5.41) is 3.70. The van der Waals surface area contributed by atoms with Gasteiger partial charge < -0.3 is 5.32 Å². The van der Waals surface area contributed by atoms with Crippen LogP contribution in [0.5, 0.6) is 0 Å². The zero-order valence-corrected chi connectivity index (χ0v) is 11.5. The molecule has 1 N–H and O–H groups in total. The second kappa shape index (κ2) is 8.11.